The Morgan fingerprint density at radius 1 is 0.955 bits per heavy atom. The summed E-state index contributed by atoms with van der Waals surface area (Å²) in [5.74, 6) is 0.965. The van der Waals surface area contributed by atoms with Crippen LogP contribution in [0.2, 0.25) is 0 Å². The van der Waals surface area contributed by atoms with E-state index in [1.165, 1.54) is 5.56 Å². The van der Waals surface area contributed by atoms with Gasteiger partial charge in [0.05, 0.1) is 12.3 Å². The number of hydrogen-bond acceptors (Lipinski definition) is 3. The van der Waals surface area contributed by atoms with E-state index < -0.39 is 0 Å². The number of hydrogen-bond donors (Lipinski definition) is 1. The van der Waals surface area contributed by atoms with Crippen molar-refractivity contribution in [2.75, 3.05) is 13.1 Å². The van der Waals surface area contributed by atoms with Crippen molar-refractivity contribution in [2.24, 2.45) is 0 Å². The summed E-state index contributed by atoms with van der Waals surface area (Å²) < 4.78 is 5.63. The second kappa shape index (κ2) is 8.16. The van der Waals surface area contributed by atoms with E-state index in [1.54, 1.807) is 6.26 Å². The lowest BCUT2D eigenvalue weighted by atomic mass is 10.0. The molecule has 0 amide bonds. The minimum absolute atomic E-state index is 0.109. The summed E-state index contributed by atoms with van der Waals surface area (Å²) in [7, 11) is 0. The van der Waals surface area contributed by atoms with Gasteiger partial charge in [-0.25, -0.2) is 0 Å². The van der Waals surface area contributed by atoms with Gasteiger partial charge in [-0.3, -0.25) is 4.90 Å². The lowest BCUT2D eigenvalue weighted by Gasteiger charge is -2.31. The molecule has 0 saturated heterocycles. The highest BCUT2D eigenvalue weighted by Gasteiger charge is 2.18. The summed E-state index contributed by atoms with van der Waals surface area (Å²) in [5.41, 5.74) is 1.23. The fraction of sp³-hybridized carbons (Fsp3) is 0.474. The smallest absolute Gasteiger partial charge is 0.125 e. The summed E-state index contributed by atoms with van der Waals surface area (Å²) in [5, 5.41) is 3.64. The molecule has 2 aromatic rings. The van der Waals surface area contributed by atoms with Crippen LogP contribution in [-0.4, -0.2) is 30.1 Å². The Bertz CT molecular complexity index is 512. The van der Waals surface area contributed by atoms with Crippen LogP contribution in [0.3, 0.4) is 0 Å². The van der Waals surface area contributed by atoms with Gasteiger partial charge >= 0.3 is 0 Å². The van der Waals surface area contributed by atoms with Gasteiger partial charge in [-0.2, -0.15) is 0 Å². The maximum absolute atomic E-state index is 5.63. The number of rotatable bonds is 8. The Morgan fingerprint density at radius 2 is 1.64 bits per heavy atom. The van der Waals surface area contributed by atoms with Crippen LogP contribution in [-0.2, 0) is 0 Å². The highest BCUT2D eigenvalue weighted by atomic mass is 16.3. The van der Waals surface area contributed by atoms with Gasteiger partial charge in [0.15, 0.2) is 0 Å². The van der Waals surface area contributed by atoms with E-state index in [9.17, 15) is 0 Å². The van der Waals surface area contributed by atoms with Gasteiger partial charge in [0, 0.05) is 25.2 Å². The first-order valence-electron chi connectivity index (χ1n) is 8.17. The third-order valence-electron chi connectivity index (χ3n) is 4.01. The van der Waals surface area contributed by atoms with Gasteiger partial charge in [0.1, 0.15) is 5.76 Å². The maximum atomic E-state index is 5.63. The van der Waals surface area contributed by atoms with E-state index in [0.29, 0.717) is 12.1 Å². The summed E-state index contributed by atoms with van der Waals surface area (Å²) >= 11 is 0. The van der Waals surface area contributed by atoms with Crippen molar-refractivity contribution in [3.63, 3.8) is 0 Å². The highest BCUT2D eigenvalue weighted by Crippen LogP contribution is 2.22. The standard InChI is InChI=1S/C19H28N2O/c1-15(2)21(16(3)4)13-12-20-19(18-11-8-14-22-18)17-9-6-5-7-10-17/h5-11,14-16,19-20H,12-13H2,1-4H3. The number of nitrogens with one attached hydrogen (secondary N) is 1. The van der Waals surface area contributed by atoms with Crippen molar-refractivity contribution >= 4 is 0 Å². The molecule has 1 heterocycles. The third kappa shape index (κ3) is 4.46. The van der Waals surface area contributed by atoms with Crippen molar-refractivity contribution < 1.29 is 4.42 Å². The molecule has 22 heavy (non-hydrogen) atoms. The van der Waals surface area contributed by atoms with E-state index in [4.69, 9.17) is 4.42 Å². The molecular formula is C19H28N2O. The molecule has 1 aromatic carbocycles. The molecule has 0 radical (unpaired) electrons. The number of benzene rings is 1. The van der Waals surface area contributed by atoms with E-state index in [2.05, 4.69) is 62.2 Å². The molecule has 0 saturated carbocycles. The molecular weight excluding hydrogens is 272 g/mol. The van der Waals surface area contributed by atoms with Crippen molar-refractivity contribution in [3.05, 3.63) is 60.1 Å². The molecule has 0 aliphatic carbocycles. The minimum atomic E-state index is 0.109. The van der Waals surface area contributed by atoms with Gasteiger partial charge in [-0.05, 0) is 45.4 Å². The van der Waals surface area contributed by atoms with Gasteiger partial charge in [-0.1, -0.05) is 30.3 Å². The minimum Gasteiger partial charge on any atom is -0.467 e. The van der Waals surface area contributed by atoms with E-state index in [-0.39, 0.29) is 6.04 Å². The fourth-order valence-electron chi connectivity index (χ4n) is 2.93. The van der Waals surface area contributed by atoms with Gasteiger partial charge in [0.2, 0.25) is 0 Å². The lowest BCUT2D eigenvalue weighted by Crippen LogP contribution is -2.42. The number of nitrogens with zero attached hydrogens (tertiary/aromatic N) is 1. The predicted molar refractivity (Wildman–Crippen MR) is 92.0 cm³/mol. The van der Waals surface area contributed by atoms with Crippen LogP contribution < -0.4 is 5.32 Å². The van der Waals surface area contributed by atoms with Crippen molar-refractivity contribution in [2.45, 2.75) is 45.8 Å². The van der Waals surface area contributed by atoms with Crippen LogP contribution in [0.1, 0.15) is 45.1 Å². The molecule has 0 spiro atoms. The molecule has 120 valence electrons. The molecule has 3 heteroatoms. The molecule has 0 aliphatic rings. The SMILES string of the molecule is CC(C)N(CCNC(c1ccccc1)c1ccco1)C(C)C. The zero-order chi connectivity index (χ0) is 15.9. The average Bonchev–Trinajstić information content (AvgIpc) is 3.01. The topological polar surface area (TPSA) is 28.4 Å². The molecule has 3 nitrogen and oxygen atoms in total. The lowest BCUT2D eigenvalue weighted by molar-refractivity contribution is 0.174. The first-order chi connectivity index (χ1) is 10.6. The first-order valence-corrected chi connectivity index (χ1v) is 8.17. The van der Waals surface area contributed by atoms with Crippen molar-refractivity contribution in [1.82, 2.24) is 10.2 Å². The largest absolute Gasteiger partial charge is 0.467 e. The molecule has 2 rings (SSSR count). The normalized spacial score (nSPS) is 13.2. The molecule has 1 unspecified atom stereocenters. The van der Waals surface area contributed by atoms with Crippen molar-refractivity contribution in [1.29, 1.82) is 0 Å². The zero-order valence-electron chi connectivity index (χ0n) is 14.1. The van der Waals surface area contributed by atoms with Crippen LogP contribution in [0.4, 0.5) is 0 Å². The fourth-order valence-corrected chi connectivity index (χ4v) is 2.93. The van der Waals surface area contributed by atoms with Gasteiger partial charge in [-0.15, -0.1) is 0 Å². The van der Waals surface area contributed by atoms with Crippen LogP contribution >= 0.6 is 0 Å². The first kappa shape index (κ1) is 16.8. The quantitative estimate of drug-likeness (QED) is 0.796. The average molecular weight is 300 g/mol. The van der Waals surface area contributed by atoms with E-state index in [0.717, 1.165) is 18.8 Å². The highest BCUT2D eigenvalue weighted by molar-refractivity contribution is 5.26. The number of furan rings is 1. The molecule has 0 aliphatic heterocycles. The summed E-state index contributed by atoms with van der Waals surface area (Å²) in [6, 6.07) is 15.7. The Balaban J connectivity index is 2.02. The van der Waals surface area contributed by atoms with Gasteiger partial charge < -0.3 is 9.73 Å². The van der Waals surface area contributed by atoms with Crippen LogP contribution in [0.5, 0.6) is 0 Å². The Kier molecular flexibility index (Phi) is 6.22. The third-order valence-corrected chi connectivity index (χ3v) is 4.01. The summed E-state index contributed by atoms with van der Waals surface area (Å²) in [6.07, 6.45) is 1.74. The second-order valence-electron chi connectivity index (χ2n) is 6.24. The zero-order valence-corrected chi connectivity index (χ0v) is 14.1. The Morgan fingerprint density at radius 3 is 2.18 bits per heavy atom. The summed E-state index contributed by atoms with van der Waals surface area (Å²) in [4.78, 5) is 2.50. The molecule has 0 bridgehead atoms. The second-order valence-corrected chi connectivity index (χ2v) is 6.24. The Labute approximate surface area is 134 Å². The predicted octanol–water partition coefficient (Wildman–Crippen LogP) is 4.08. The maximum Gasteiger partial charge on any atom is 0.125 e. The molecule has 1 N–H and O–H groups in total. The van der Waals surface area contributed by atoms with Crippen LogP contribution in [0, 0.1) is 0 Å². The van der Waals surface area contributed by atoms with E-state index >= 15 is 0 Å². The monoisotopic (exact) mass is 300 g/mol. The van der Waals surface area contributed by atoms with Gasteiger partial charge in [0.25, 0.3) is 0 Å². The van der Waals surface area contributed by atoms with E-state index in [1.807, 2.05) is 18.2 Å². The summed E-state index contributed by atoms with van der Waals surface area (Å²) in [6.45, 7) is 11.0. The van der Waals surface area contributed by atoms with Crippen molar-refractivity contribution in [3.8, 4) is 0 Å². The van der Waals surface area contributed by atoms with Crippen LogP contribution in [0.15, 0.2) is 53.1 Å². The Hall–Kier alpha value is -1.58. The van der Waals surface area contributed by atoms with Crippen LogP contribution in [0.25, 0.3) is 0 Å². The molecule has 1 atom stereocenters. The molecule has 0 fully saturated rings. The molecule has 1 aromatic heterocycles.